The first-order valence-corrected chi connectivity index (χ1v) is 20.3. The summed E-state index contributed by atoms with van der Waals surface area (Å²) in [4.78, 5) is 14.7. The van der Waals surface area contributed by atoms with E-state index in [1.165, 1.54) is 89.9 Å². The number of unbranched alkanes of at least 4 members (excludes halogenated alkanes) is 18. The average Bonchev–Trinajstić information content (AvgIpc) is 3.07. The molecule has 0 bridgehead atoms. The number of hydrogen-bond acceptors (Lipinski definition) is 5. The van der Waals surface area contributed by atoms with Gasteiger partial charge in [-0.3, -0.25) is 4.79 Å². The van der Waals surface area contributed by atoms with E-state index in [4.69, 9.17) is 14.9 Å². The van der Waals surface area contributed by atoms with Crippen molar-refractivity contribution in [3.63, 3.8) is 0 Å². The summed E-state index contributed by atoms with van der Waals surface area (Å²) in [6.45, 7) is 1.56. The molecule has 0 aliphatic heterocycles. The number of nitrogens with zero attached hydrogens (tertiary/aromatic N) is 1. The van der Waals surface area contributed by atoms with Crippen molar-refractivity contribution in [3.8, 4) is 0 Å². The van der Waals surface area contributed by atoms with Gasteiger partial charge in [0.2, 0.25) is 0 Å². The van der Waals surface area contributed by atoms with Crippen LogP contribution in [-0.2, 0) is 9.53 Å². The van der Waals surface area contributed by atoms with Crippen molar-refractivity contribution in [2.75, 3.05) is 33.9 Å². The fraction of sp³-hybridized carbons (Fsp3) is 0.791. The molecule has 0 aromatic rings. The van der Waals surface area contributed by atoms with Crippen LogP contribution >= 0.6 is 0 Å². The van der Waals surface area contributed by atoms with E-state index in [1.54, 1.807) is 0 Å². The fourth-order valence-electron chi connectivity index (χ4n) is 5.84. The number of aliphatic hydroxyl groups is 2. The van der Waals surface area contributed by atoms with Crippen LogP contribution in [0, 0.1) is 0 Å². The first-order chi connectivity index (χ1) is 23.6. The minimum atomic E-state index is -0.00923. The summed E-state index contributed by atoms with van der Waals surface area (Å²) in [6, 6.07) is 0. The molecule has 0 atom stereocenters. The van der Waals surface area contributed by atoms with Crippen LogP contribution in [0.1, 0.15) is 180 Å². The Bertz CT molecular complexity index is 723. The smallest absolute Gasteiger partial charge is 0.306 e. The first-order valence-electron chi connectivity index (χ1n) is 20.3. The average molecular weight is 674 g/mol. The summed E-state index contributed by atoms with van der Waals surface area (Å²) in [7, 11) is 4.10. The van der Waals surface area contributed by atoms with Crippen LogP contribution in [0.5, 0.6) is 0 Å². The molecule has 5 heteroatoms. The molecule has 0 heterocycles. The normalized spacial score (nSPS) is 12.4. The molecular weight excluding hydrogens is 594 g/mol. The Hall–Kier alpha value is -1.69. The van der Waals surface area contributed by atoms with Crippen molar-refractivity contribution in [1.29, 1.82) is 0 Å². The molecular formula is C43H79NO4. The summed E-state index contributed by atoms with van der Waals surface area (Å²) in [6.07, 6.45) is 50.1. The zero-order valence-electron chi connectivity index (χ0n) is 31.8. The lowest BCUT2D eigenvalue weighted by Gasteiger charge is -2.18. The number of hydrogen-bond donors (Lipinski definition) is 2. The molecule has 5 nitrogen and oxygen atoms in total. The Labute approximate surface area is 298 Å². The van der Waals surface area contributed by atoms with Gasteiger partial charge in [0.25, 0.3) is 0 Å². The molecule has 48 heavy (non-hydrogen) atoms. The molecule has 0 aliphatic carbocycles. The van der Waals surface area contributed by atoms with E-state index in [-0.39, 0.29) is 12.1 Å². The topological polar surface area (TPSA) is 70.0 Å². The number of ether oxygens (including phenoxy) is 1. The fourth-order valence-corrected chi connectivity index (χ4v) is 5.84. The van der Waals surface area contributed by atoms with Gasteiger partial charge < -0.3 is 19.8 Å². The molecule has 0 saturated heterocycles. The highest BCUT2D eigenvalue weighted by atomic mass is 16.5. The monoisotopic (exact) mass is 674 g/mol. The van der Waals surface area contributed by atoms with Gasteiger partial charge in [-0.1, -0.05) is 113 Å². The summed E-state index contributed by atoms with van der Waals surface area (Å²) >= 11 is 0. The van der Waals surface area contributed by atoms with Crippen molar-refractivity contribution in [2.45, 2.75) is 186 Å². The van der Waals surface area contributed by atoms with Gasteiger partial charge in [0.15, 0.2) is 0 Å². The quantitative estimate of drug-likeness (QED) is 0.0390. The third kappa shape index (κ3) is 38.8. The minimum Gasteiger partial charge on any atom is -0.462 e. The van der Waals surface area contributed by atoms with Gasteiger partial charge in [-0.2, -0.15) is 0 Å². The second kappa shape index (κ2) is 39.7. The lowest BCUT2D eigenvalue weighted by atomic mass is 10.0. The van der Waals surface area contributed by atoms with E-state index in [0.717, 1.165) is 90.0 Å². The molecule has 0 amide bonds. The Balaban J connectivity index is 4.00. The van der Waals surface area contributed by atoms with Crippen LogP contribution in [0.2, 0.25) is 0 Å². The van der Waals surface area contributed by atoms with E-state index >= 15 is 0 Å². The van der Waals surface area contributed by atoms with Crippen LogP contribution in [0.4, 0.5) is 0 Å². The lowest BCUT2D eigenvalue weighted by Crippen LogP contribution is -2.20. The van der Waals surface area contributed by atoms with Gasteiger partial charge in [0, 0.05) is 19.6 Å². The Morgan fingerprint density at radius 2 is 0.854 bits per heavy atom. The van der Waals surface area contributed by atoms with Gasteiger partial charge in [0.1, 0.15) is 6.10 Å². The zero-order chi connectivity index (χ0) is 35.0. The summed E-state index contributed by atoms with van der Waals surface area (Å²) in [5, 5.41) is 17.6. The second-order valence-corrected chi connectivity index (χ2v) is 13.9. The Kier molecular flexibility index (Phi) is 38.3. The number of allylic oxidation sites excluding steroid dienone is 8. The van der Waals surface area contributed by atoms with Crippen molar-refractivity contribution in [3.05, 3.63) is 48.6 Å². The summed E-state index contributed by atoms with van der Waals surface area (Å²) in [5.41, 5.74) is 0. The summed E-state index contributed by atoms with van der Waals surface area (Å²) in [5.74, 6) is -0.00923. The highest BCUT2D eigenvalue weighted by Crippen LogP contribution is 2.18. The van der Waals surface area contributed by atoms with Crippen molar-refractivity contribution in [2.24, 2.45) is 0 Å². The van der Waals surface area contributed by atoms with Gasteiger partial charge in [0.05, 0.1) is 0 Å². The highest BCUT2D eigenvalue weighted by molar-refractivity contribution is 5.69. The molecule has 0 rings (SSSR count). The highest BCUT2D eigenvalue weighted by Gasteiger charge is 2.14. The molecule has 0 aromatic heterocycles. The van der Waals surface area contributed by atoms with Crippen LogP contribution in [-0.4, -0.2) is 61.0 Å². The van der Waals surface area contributed by atoms with E-state index in [2.05, 4.69) is 67.6 Å². The predicted molar refractivity (Wildman–Crippen MR) is 208 cm³/mol. The number of aliphatic hydroxyl groups excluding tert-OH is 2. The molecule has 280 valence electrons. The summed E-state index contributed by atoms with van der Waals surface area (Å²) < 4.78 is 5.99. The van der Waals surface area contributed by atoms with Crippen molar-refractivity contribution < 1.29 is 19.7 Å². The minimum absolute atomic E-state index is 0.00923. The molecule has 0 spiro atoms. The van der Waals surface area contributed by atoms with Crippen LogP contribution in [0.3, 0.4) is 0 Å². The number of carbonyl (C=O) groups is 1. The van der Waals surface area contributed by atoms with E-state index < -0.39 is 0 Å². The maximum Gasteiger partial charge on any atom is 0.306 e. The predicted octanol–water partition coefficient (Wildman–Crippen LogP) is 11.6. The third-order valence-corrected chi connectivity index (χ3v) is 8.85. The molecule has 0 radical (unpaired) electrons. The zero-order valence-corrected chi connectivity index (χ0v) is 31.8. The van der Waals surface area contributed by atoms with E-state index in [9.17, 15) is 4.79 Å². The van der Waals surface area contributed by atoms with Crippen LogP contribution in [0.15, 0.2) is 48.6 Å². The van der Waals surface area contributed by atoms with E-state index in [1.807, 2.05) is 0 Å². The third-order valence-electron chi connectivity index (χ3n) is 8.85. The SMILES string of the molecule is CN(C)CCCC(=O)OC(CCCCCCCC/C=C\C/C=C\CCCCCO)CCCCCCCC/C=C\C/C=C\CCCCCO. The Morgan fingerprint density at radius 1 is 0.500 bits per heavy atom. The largest absolute Gasteiger partial charge is 0.462 e. The van der Waals surface area contributed by atoms with Crippen LogP contribution in [0.25, 0.3) is 0 Å². The molecule has 0 unspecified atom stereocenters. The van der Waals surface area contributed by atoms with Crippen molar-refractivity contribution in [1.82, 2.24) is 4.90 Å². The number of carbonyl (C=O) groups excluding carboxylic acids is 1. The van der Waals surface area contributed by atoms with E-state index in [0.29, 0.717) is 19.6 Å². The number of rotatable bonds is 37. The molecule has 2 N–H and O–H groups in total. The van der Waals surface area contributed by atoms with Gasteiger partial charge >= 0.3 is 5.97 Å². The number of esters is 1. The molecule has 0 aromatic carbocycles. The standard InChI is InChI=1S/C43H79NO4/c1-44(2)39-35-38-43(47)48-42(36-31-27-23-19-15-11-7-3-5-9-13-17-21-25-29-33-40-45)37-32-28-24-20-16-12-8-4-6-10-14-18-22-26-30-34-41-46/h3-6,13-14,17-18,42,45-46H,7-12,15-16,19-41H2,1-2H3/b5-3-,6-4-,17-13-,18-14-. The van der Waals surface area contributed by atoms with Gasteiger partial charge in [-0.25, -0.2) is 0 Å². The van der Waals surface area contributed by atoms with Crippen molar-refractivity contribution >= 4 is 5.97 Å². The maximum atomic E-state index is 12.5. The lowest BCUT2D eigenvalue weighted by molar-refractivity contribution is -0.150. The maximum absolute atomic E-state index is 12.5. The van der Waals surface area contributed by atoms with Gasteiger partial charge in [-0.15, -0.1) is 0 Å². The Morgan fingerprint density at radius 3 is 1.23 bits per heavy atom. The van der Waals surface area contributed by atoms with Gasteiger partial charge in [-0.05, 0) is 130 Å². The molecule has 0 saturated carbocycles. The first kappa shape index (κ1) is 46.3. The van der Waals surface area contributed by atoms with Crippen LogP contribution < -0.4 is 0 Å². The molecule has 0 fully saturated rings. The second-order valence-electron chi connectivity index (χ2n) is 13.9. The molecule has 0 aliphatic rings.